The Morgan fingerprint density at radius 3 is 1.49 bits per heavy atom. The highest BCUT2D eigenvalue weighted by atomic mass is 16.7. The van der Waals surface area contributed by atoms with Crippen molar-refractivity contribution < 1.29 is 50.0 Å². The average Bonchev–Trinajstić information content (AvgIpc) is 3.33. The number of rotatable bonds is 45. The minimum absolute atomic E-state index is 0.239. The number of allylic oxidation sites excluding steroid dienone is 10. The maximum atomic E-state index is 13.2. The molecule has 0 aromatic carbocycles. The number of aliphatic hydroxyl groups is 7. The third-order valence-corrected chi connectivity index (χ3v) is 12.8. The number of unbranched alkanes of at least 4 members (excludes halogenated alkanes) is 23. The minimum atomic E-state index is -1.67. The molecule has 1 heterocycles. The van der Waals surface area contributed by atoms with Gasteiger partial charge < -0.3 is 50.5 Å². The van der Waals surface area contributed by atoms with Gasteiger partial charge in [0.05, 0.1) is 25.4 Å². The highest BCUT2D eigenvalue weighted by Gasteiger charge is 2.44. The van der Waals surface area contributed by atoms with Gasteiger partial charge in [0.1, 0.15) is 36.6 Å². The normalized spacial score (nSPS) is 21.1. The zero-order valence-corrected chi connectivity index (χ0v) is 42.4. The van der Waals surface area contributed by atoms with Crippen LogP contribution in [0.4, 0.5) is 0 Å². The standard InChI is InChI=1S/C56H101NO10/c1-3-5-7-9-11-13-15-17-19-21-23-25-27-29-31-33-35-37-39-41-43-48(59)51(61)47(46-66-56-54(64)53(63)52(62)50(45-58)67-56)57-55(65)49(60)44-42-40-38-36-34-32-30-28-26-24-22-20-18-16-14-12-10-8-6-4-2/h6,8,12,14,19,21,27,29,35,37,47-54,56,58-64H,3-5,7,9-11,13,15-18,20,22-26,28,30-34,36,38-46H2,1-2H3,(H,57,65)/b8-6-,14-12-,21-19+,29-27+,37-35+. The molecule has 11 nitrogen and oxygen atoms in total. The number of amides is 1. The molecule has 1 fully saturated rings. The monoisotopic (exact) mass is 948 g/mol. The zero-order chi connectivity index (χ0) is 49.0. The first-order valence-electron chi connectivity index (χ1n) is 27.2. The fourth-order valence-electron chi connectivity index (χ4n) is 8.33. The van der Waals surface area contributed by atoms with Crippen LogP contribution in [0.5, 0.6) is 0 Å². The molecule has 1 aliphatic heterocycles. The first-order chi connectivity index (χ1) is 32.7. The van der Waals surface area contributed by atoms with Crippen molar-refractivity contribution in [1.29, 1.82) is 0 Å². The van der Waals surface area contributed by atoms with Crippen molar-refractivity contribution in [3.63, 3.8) is 0 Å². The molecular formula is C56H101NO10. The van der Waals surface area contributed by atoms with E-state index in [9.17, 15) is 40.5 Å². The highest BCUT2D eigenvalue weighted by molar-refractivity contribution is 5.80. The molecular weight excluding hydrogens is 847 g/mol. The van der Waals surface area contributed by atoms with Crippen LogP contribution in [0.15, 0.2) is 60.8 Å². The van der Waals surface area contributed by atoms with E-state index in [1.54, 1.807) is 0 Å². The highest BCUT2D eigenvalue weighted by Crippen LogP contribution is 2.23. The Balaban J connectivity index is 2.40. The first-order valence-corrected chi connectivity index (χ1v) is 27.2. The van der Waals surface area contributed by atoms with Gasteiger partial charge in [-0.05, 0) is 89.9 Å². The maximum absolute atomic E-state index is 13.2. The van der Waals surface area contributed by atoms with E-state index in [1.807, 2.05) is 0 Å². The molecule has 0 bridgehead atoms. The van der Waals surface area contributed by atoms with Crippen molar-refractivity contribution in [3.05, 3.63) is 60.8 Å². The lowest BCUT2D eigenvalue weighted by atomic mass is 9.98. The average molecular weight is 948 g/mol. The largest absolute Gasteiger partial charge is 0.394 e. The summed E-state index contributed by atoms with van der Waals surface area (Å²) in [6, 6.07) is -1.20. The summed E-state index contributed by atoms with van der Waals surface area (Å²) in [5, 5.41) is 76.0. The number of hydrogen-bond donors (Lipinski definition) is 8. The van der Waals surface area contributed by atoms with E-state index in [0.29, 0.717) is 19.3 Å². The predicted octanol–water partition coefficient (Wildman–Crippen LogP) is 10.7. The van der Waals surface area contributed by atoms with E-state index in [1.165, 1.54) is 116 Å². The summed E-state index contributed by atoms with van der Waals surface area (Å²) >= 11 is 0. The van der Waals surface area contributed by atoms with Gasteiger partial charge in [0.15, 0.2) is 6.29 Å². The van der Waals surface area contributed by atoms with Gasteiger partial charge in [0.25, 0.3) is 0 Å². The third-order valence-electron chi connectivity index (χ3n) is 12.8. The molecule has 11 heteroatoms. The number of carbonyl (C=O) groups is 1. The van der Waals surface area contributed by atoms with E-state index < -0.39 is 74.2 Å². The Morgan fingerprint density at radius 2 is 0.985 bits per heavy atom. The number of ether oxygens (including phenoxy) is 2. The Bertz CT molecular complexity index is 1270. The summed E-state index contributed by atoms with van der Waals surface area (Å²) in [6.07, 6.45) is 45.5. The lowest BCUT2D eigenvalue weighted by molar-refractivity contribution is -0.303. The fourth-order valence-corrected chi connectivity index (χ4v) is 8.33. The van der Waals surface area contributed by atoms with Crippen LogP contribution in [0.25, 0.3) is 0 Å². The molecule has 1 amide bonds. The van der Waals surface area contributed by atoms with Gasteiger partial charge in [0, 0.05) is 0 Å². The predicted molar refractivity (Wildman–Crippen MR) is 274 cm³/mol. The second-order valence-corrected chi connectivity index (χ2v) is 18.9. The Kier molecular flexibility index (Phi) is 42.2. The number of nitrogens with one attached hydrogen (secondary N) is 1. The van der Waals surface area contributed by atoms with Gasteiger partial charge in [-0.15, -0.1) is 0 Å². The van der Waals surface area contributed by atoms with Gasteiger partial charge in [-0.1, -0.05) is 190 Å². The smallest absolute Gasteiger partial charge is 0.249 e. The van der Waals surface area contributed by atoms with E-state index in [2.05, 4.69) is 79.9 Å². The molecule has 0 spiro atoms. The van der Waals surface area contributed by atoms with Crippen molar-refractivity contribution in [2.75, 3.05) is 13.2 Å². The molecule has 0 saturated carbocycles. The number of hydrogen-bond acceptors (Lipinski definition) is 10. The molecule has 67 heavy (non-hydrogen) atoms. The molecule has 0 aromatic heterocycles. The molecule has 9 atom stereocenters. The third kappa shape index (κ3) is 33.9. The van der Waals surface area contributed by atoms with Crippen LogP contribution in [0.2, 0.25) is 0 Å². The number of carbonyl (C=O) groups excluding carboxylic acids is 1. The summed E-state index contributed by atoms with van der Waals surface area (Å²) < 4.78 is 11.1. The summed E-state index contributed by atoms with van der Waals surface area (Å²) in [5.41, 5.74) is 0. The molecule has 390 valence electrons. The van der Waals surface area contributed by atoms with Gasteiger partial charge in [-0.25, -0.2) is 0 Å². The summed E-state index contributed by atoms with van der Waals surface area (Å²) in [5.74, 6) is -0.715. The van der Waals surface area contributed by atoms with Crippen molar-refractivity contribution in [3.8, 4) is 0 Å². The van der Waals surface area contributed by atoms with Crippen LogP contribution < -0.4 is 5.32 Å². The summed E-state index contributed by atoms with van der Waals surface area (Å²) in [6.45, 7) is 3.33. The fraction of sp³-hybridized carbons (Fsp3) is 0.804. The number of aliphatic hydroxyl groups excluding tert-OH is 7. The van der Waals surface area contributed by atoms with Crippen LogP contribution in [-0.2, 0) is 14.3 Å². The summed E-state index contributed by atoms with van der Waals surface area (Å²) in [7, 11) is 0. The van der Waals surface area contributed by atoms with Crippen molar-refractivity contribution in [2.24, 2.45) is 0 Å². The molecule has 1 saturated heterocycles. The molecule has 0 radical (unpaired) electrons. The zero-order valence-electron chi connectivity index (χ0n) is 42.4. The second kappa shape index (κ2) is 45.0. The van der Waals surface area contributed by atoms with E-state index >= 15 is 0 Å². The Labute approximate surface area is 408 Å². The lowest BCUT2D eigenvalue weighted by Crippen LogP contribution is -2.60. The van der Waals surface area contributed by atoms with E-state index in [4.69, 9.17) is 9.47 Å². The molecule has 1 aliphatic rings. The van der Waals surface area contributed by atoms with Gasteiger partial charge in [-0.3, -0.25) is 4.79 Å². The summed E-state index contributed by atoms with van der Waals surface area (Å²) in [4.78, 5) is 13.2. The van der Waals surface area contributed by atoms with Gasteiger partial charge in [0.2, 0.25) is 5.91 Å². The molecule has 0 aliphatic carbocycles. The maximum Gasteiger partial charge on any atom is 0.249 e. The molecule has 8 N–H and O–H groups in total. The van der Waals surface area contributed by atoms with Gasteiger partial charge >= 0.3 is 0 Å². The van der Waals surface area contributed by atoms with Crippen LogP contribution in [0.1, 0.15) is 219 Å². The van der Waals surface area contributed by atoms with Crippen LogP contribution in [0.3, 0.4) is 0 Å². The Hall–Kier alpha value is -2.19. The van der Waals surface area contributed by atoms with E-state index in [0.717, 1.165) is 57.8 Å². The van der Waals surface area contributed by atoms with Crippen molar-refractivity contribution in [2.45, 2.75) is 274 Å². The van der Waals surface area contributed by atoms with Crippen molar-refractivity contribution >= 4 is 5.91 Å². The first kappa shape index (κ1) is 62.8. The van der Waals surface area contributed by atoms with E-state index in [-0.39, 0.29) is 12.8 Å². The van der Waals surface area contributed by atoms with Crippen LogP contribution in [-0.4, -0.2) is 110 Å². The minimum Gasteiger partial charge on any atom is -0.394 e. The topological polar surface area (TPSA) is 189 Å². The van der Waals surface area contributed by atoms with Crippen LogP contribution in [0, 0.1) is 0 Å². The molecule has 0 aromatic rings. The van der Waals surface area contributed by atoms with Crippen LogP contribution >= 0.6 is 0 Å². The molecule has 1 rings (SSSR count). The second-order valence-electron chi connectivity index (χ2n) is 18.9. The lowest BCUT2D eigenvalue weighted by Gasteiger charge is -2.40. The van der Waals surface area contributed by atoms with Gasteiger partial charge in [-0.2, -0.15) is 0 Å². The SMILES string of the molecule is CC/C=C\C/C=C\CCCCCCCCCCCCCCCC(O)C(=O)NC(COC1OC(CO)C(O)C(O)C1O)C(O)C(O)CCC/C=C/CC/C=C/CC/C=C/CCCCCCCCC. The Morgan fingerprint density at radius 1 is 0.537 bits per heavy atom. The van der Waals surface area contributed by atoms with Crippen molar-refractivity contribution in [1.82, 2.24) is 5.32 Å². The quantitative estimate of drug-likeness (QED) is 0.0215. The molecule has 9 unspecified atom stereocenters.